The first-order valence-electron chi connectivity index (χ1n) is 5.62. The Morgan fingerprint density at radius 2 is 1.89 bits per heavy atom. The van der Waals surface area contributed by atoms with Gasteiger partial charge >= 0.3 is 0 Å². The first-order valence-corrected chi connectivity index (χ1v) is 6.41. The molecule has 1 heterocycles. The Labute approximate surface area is 114 Å². The summed E-state index contributed by atoms with van der Waals surface area (Å²) in [6, 6.07) is 8.12. The second-order valence-electron chi connectivity index (χ2n) is 4.10. The number of hydrogen-bond acceptors (Lipinski definition) is 5. The average Bonchev–Trinajstić information content (AvgIpc) is 2.32. The minimum atomic E-state index is 0.273. The molecular formula is C12H14BrN5. The summed E-state index contributed by atoms with van der Waals surface area (Å²) in [5.74, 6) is 1.18. The van der Waals surface area contributed by atoms with Crippen LogP contribution in [0.25, 0.3) is 0 Å². The maximum Gasteiger partial charge on any atom is 0.244 e. The van der Waals surface area contributed by atoms with Gasteiger partial charge in [-0.3, -0.25) is 0 Å². The Kier molecular flexibility index (Phi) is 4.09. The Morgan fingerprint density at radius 1 is 1.17 bits per heavy atom. The molecule has 0 amide bonds. The largest absolute Gasteiger partial charge is 0.351 e. The number of hydrogen-bond donors (Lipinski definition) is 2. The van der Waals surface area contributed by atoms with E-state index in [1.54, 1.807) is 6.20 Å². The van der Waals surface area contributed by atoms with Crippen molar-refractivity contribution in [1.29, 1.82) is 0 Å². The van der Waals surface area contributed by atoms with Crippen LogP contribution < -0.4 is 10.6 Å². The van der Waals surface area contributed by atoms with Gasteiger partial charge in [-0.1, -0.05) is 15.9 Å². The van der Waals surface area contributed by atoms with Crippen LogP contribution in [0.4, 0.5) is 17.5 Å². The van der Waals surface area contributed by atoms with E-state index in [4.69, 9.17) is 0 Å². The Morgan fingerprint density at radius 3 is 2.56 bits per heavy atom. The highest BCUT2D eigenvalue weighted by atomic mass is 79.9. The first-order chi connectivity index (χ1) is 8.63. The summed E-state index contributed by atoms with van der Waals surface area (Å²) in [4.78, 5) is 4.32. The highest BCUT2D eigenvalue weighted by molar-refractivity contribution is 9.10. The number of nitrogens with zero attached hydrogens (tertiary/aromatic N) is 3. The lowest BCUT2D eigenvalue weighted by molar-refractivity contribution is 0.852. The van der Waals surface area contributed by atoms with Crippen LogP contribution in [-0.2, 0) is 0 Å². The fourth-order valence-electron chi connectivity index (χ4n) is 1.36. The maximum atomic E-state index is 4.32. The molecule has 0 aliphatic carbocycles. The number of benzene rings is 1. The van der Waals surface area contributed by atoms with Crippen LogP contribution in [0.5, 0.6) is 0 Å². The van der Waals surface area contributed by atoms with Gasteiger partial charge in [-0.2, -0.15) is 10.1 Å². The summed E-state index contributed by atoms with van der Waals surface area (Å²) < 4.78 is 1.04. The van der Waals surface area contributed by atoms with Crippen LogP contribution >= 0.6 is 15.9 Å². The maximum absolute atomic E-state index is 4.32. The molecule has 2 N–H and O–H groups in total. The van der Waals surface area contributed by atoms with E-state index in [0.29, 0.717) is 11.8 Å². The quantitative estimate of drug-likeness (QED) is 0.908. The highest BCUT2D eigenvalue weighted by Crippen LogP contribution is 2.17. The molecular weight excluding hydrogens is 294 g/mol. The number of aromatic nitrogens is 3. The minimum Gasteiger partial charge on any atom is -0.351 e. The van der Waals surface area contributed by atoms with Gasteiger partial charge in [-0.05, 0) is 38.1 Å². The lowest BCUT2D eigenvalue weighted by Gasteiger charge is -2.09. The van der Waals surface area contributed by atoms with E-state index in [1.807, 2.05) is 38.1 Å². The molecule has 2 aromatic rings. The van der Waals surface area contributed by atoms with Gasteiger partial charge in [-0.25, -0.2) is 0 Å². The van der Waals surface area contributed by atoms with Gasteiger partial charge in [0.2, 0.25) is 5.95 Å². The third-order valence-electron chi connectivity index (χ3n) is 2.09. The fourth-order valence-corrected chi connectivity index (χ4v) is 1.63. The number of anilines is 3. The van der Waals surface area contributed by atoms with Crippen LogP contribution in [0.15, 0.2) is 34.9 Å². The van der Waals surface area contributed by atoms with E-state index < -0.39 is 0 Å². The van der Waals surface area contributed by atoms with Crippen LogP contribution in [0, 0.1) is 0 Å². The van der Waals surface area contributed by atoms with Gasteiger partial charge in [-0.15, -0.1) is 5.10 Å². The van der Waals surface area contributed by atoms with Gasteiger partial charge in [0.1, 0.15) is 0 Å². The normalized spacial score (nSPS) is 10.4. The molecule has 0 saturated carbocycles. The average molecular weight is 308 g/mol. The van der Waals surface area contributed by atoms with Crippen molar-refractivity contribution in [2.75, 3.05) is 10.6 Å². The molecule has 5 nitrogen and oxygen atoms in total. The highest BCUT2D eigenvalue weighted by Gasteiger charge is 2.02. The fraction of sp³-hybridized carbons (Fsp3) is 0.250. The molecule has 0 spiro atoms. The van der Waals surface area contributed by atoms with Gasteiger partial charge < -0.3 is 10.6 Å². The van der Waals surface area contributed by atoms with Crippen molar-refractivity contribution in [3.05, 3.63) is 34.9 Å². The van der Waals surface area contributed by atoms with Crippen molar-refractivity contribution in [3.8, 4) is 0 Å². The number of rotatable bonds is 4. The molecule has 0 radical (unpaired) electrons. The molecule has 1 aromatic carbocycles. The molecule has 0 aliphatic heterocycles. The number of halogens is 1. The van der Waals surface area contributed by atoms with Crippen LogP contribution in [-0.4, -0.2) is 21.2 Å². The summed E-state index contributed by atoms with van der Waals surface area (Å²) in [5.41, 5.74) is 0.953. The zero-order chi connectivity index (χ0) is 13.0. The summed E-state index contributed by atoms with van der Waals surface area (Å²) in [7, 11) is 0. The van der Waals surface area contributed by atoms with Crippen LogP contribution in [0.2, 0.25) is 0 Å². The summed E-state index contributed by atoms with van der Waals surface area (Å²) in [6.07, 6.45) is 1.59. The molecule has 2 rings (SSSR count). The zero-order valence-corrected chi connectivity index (χ0v) is 11.8. The van der Waals surface area contributed by atoms with E-state index in [0.717, 1.165) is 10.2 Å². The smallest absolute Gasteiger partial charge is 0.244 e. The van der Waals surface area contributed by atoms with E-state index in [9.17, 15) is 0 Å². The van der Waals surface area contributed by atoms with Crippen molar-refractivity contribution in [2.24, 2.45) is 0 Å². The second kappa shape index (κ2) is 5.77. The Hall–Kier alpha value is -1.69. The molecule has 94 valence electrons. The van der Waals surface area contributed by atoms with E-state index >= 15 is 0 Å². The van der Waals surface area contributed by atoms with Crippen LogP contribution in [0.3, 0.4) is 0 Å². The van der Waals surface area contributed by atoms with E-state index in [2.05, 4.69) is 41.7 Å². The molecule has 0 saturated heterocycles. The molecule has 1 aromatic heterocycles. The second-order valence-corrected chi connectivity index (χ2v) is 5.01. The van der Waals surface area contributed by atoms with Crippen LogP contribution in [0.1, 0.15) is 13.8 Å². The molecule has 6 heteroatoms. The Balaban J connectivity index is 2.11. The third-order valence-corrected chi connectivity index (χ3v) is 2.62. The first kappa shape index (κ1) is 12.8. The van der Waals surface area contributed by atoms with E-state index in [1.165, 1.54) is 0 Å². The van der Waals surface area contributed by atoms with Crippen molar-refractivity contribution < 1.29 is 0 Å². The van der Waals surface area contributed by atoms with E-state index in [-0.39, 0.29) is 6.04 Å². The van der Waals surface area contributed by atoms with Gasteiger partial charge in [0.05, 0.1) is 6.20 Å². The predicted octanol–water partition coefficient (Wildman–Crippen LogP) is 3.20. The Bertz CT molecular complexity index is 512. The van der Waals surface area contributed by atoms with Gasteiger partial charge in [0.15, 0.2) is 5.82 Å². The zero-order valence-electron chi connectivity index (χ0n) is 10.2. The molecule has 0 fully saturated rings. The summed E-state index contributed by atoms with van der Waals surface area (Å²) in [6.45, 7) is 4.05. The van der Waals surface area contributed by atoms with Crippen molar-refractivity contribution >= 4 is 33.4 Å². The lowest BCUT2D eigenvalue weighted by Crippen LogP contribution is -2.13. The molecule has 0 atom stereocenters. The van der Waals surface area contributed by atoms with Crippen molar-refractivity contribution in [2.45, 2.75) is 19.9 Å². The minimum absolute atomic E-state index is 0.273. The molecule has 18 heavy (non-hydrogen) atoms. The molecule has 0 bridgehead atoms. The summed E-state index contributed by atoms with van der Waals surface area (Å²) >= 11 is 3.39. The monoisotopic (exact) mass is 307 g/mol. The van der Waals surface area contributed by atoms with Crippen molar-refractivity contribution in [1.82, 2.24) is 15.2 Å². The topological polar surface area (TPSA) is 62.7 Å². The standard InChI is InChI=1S/C12H14BrN5/c1-8(2)15-12-17-11(7-14-18-12)16-10-5-3-9(13)4-6-10/h3-8H,1-2H3,(H2,15,16,17,18). The number of nitrogens with one attached hydrogen (secondary N) is 2. The van der Waals surface area contributed by atoms with Crippen molar-refractivity contribution in [3.63, 3.8) is 0 Å². The third kappa shape index (κ3) is 3.66. The SMILES string of the molecule is CC(C)Nc1nncc(Nc2ccc(Br)cc2)n1. The van der Waals surface area contributed by atoms with Gasteiger partial charge in [0, 0.05) is 16.2 Å². The predicted molar refractivity (Wildman–Crippen MR) is 76.0 cm³/mol. The molecule has 0 aliphatic rings. The molecule has 0 unspecified atom stereocenters. The summed E-state index contributed by atoms with van der Waals surface area (Å²) in [5, 5.41) is 14.1. The lowest BCUT2D eigenvalue weighted by atomic mass is 10.3. The van der Waals surface area contributed by atoms with Gasteiger partial charge in [0.25, 0.3) is 0 Å².